The number of esters is 1. The molecule has 7 nitrogen and oxygen atoms in total. The summed E-state index contributed by atoms with van der Waals surface area (Å²) in [4.78, 5) is 30.8. The van der Waals surface area contributed by atoms with E-state index in [0.29, 0.717) is 32.8 Å². The number of amidine groups is 1. The number of hydrogen-bond acceptors (Lipinski definition) is 7. The third-order valence-electron chi connectivity index (χ3n) is 4.31. The van der Waals surface area contributed by atoms with Crippen molar-refractivity contribution in [2.24, 2.45) is 4.99 Å². The minimum Gasteiger partial charge on any atom is -0.496 e. The van der Waals surface area contributed by atoms with Crippen LogP contribution in [0.4, 0.5) is 5.69 Å². The second-order valence-corrected chi connectivity index (χ2v) is 8.00. The number of amides is 1. The van der Waals surface area contributed by atoms with Gasteiger partial charge in [0.05, 0.1) is 42.0 Å². The van der Waals surface area contributed by atoms with E-state index in [4.69, 9.17) is 14.2 Å². The maximum absolute atomic E-state index is 12.7. The van der Waals surface area contributed by atoms with Gasteiger partial charge < -0.3 is 14.2 Å². The fourth-order valence-electron chi connectivity index (χ4n) is 2.69. The number of likely N-dealkylation sites (N-methyl/N-ethyl adjacent to an activating group) is 1. The summed E-state index contributed by atoms with van der Waals surface area (Å²) in [5, 5.41) is 0.531. The quantitative estimate of drug-likeness (QED) is 0.453. The third-order valence-corrected chi connectivity index (χ3v) is 5.99. The van der Waals surface area contributed by atoms with Gasteiger partial charge in [0.1, 0.15) is 11.5 Å². The Morgan fingerprint density at radius 3 is 2.37 bits per heavy atom. The number of halogens is 1. The van der Waals surface area contributed by atoms with Gasteiger partial charge in [-0.2, -0.15) is 0 Å². The first-order valence-electron chi connectivity index (χ1n) is 8.74. The van der Waals surface area contributed by atoms with Crippen molar-refractivity contribution in [1.29, 1.82) is 0 Å². The fraction of sp³-hybridized carbons (Fsp3) is 0.190. The topological polar surface area (TPSA) is 77.4 Å². The zero-order valence-electron chi connectivity index (χ0n) is 16.8. The number of rotatable bonds is 5. The maximum atomic E-state index is 12.7. The molecule has 1 aliphatic heterocycles. The first-order valence-corrected chi connectivity index (χ1v) is 10.3. The van der Waals surface area contributed by atoms with E-state index in [1.165, 1.54) is 23.8 Å². The Morgan fingerprint density at radius 2 is 1.77 bits per heavy atom. The predicted molar refractivity (Wildman–Crippen MR) is 120 cm³/mol. The predicted octanol–water partition coefficient (Wildman–Crippen LogP) is 4.49. The van der Waals surface area contributed by atoms with E-state index >= 15 is 0 Å². The number of carbonyl (C=O) groups is 2. The van der Waals surface area contributed by atoms with E-state index in [1.807, 2.05) is 6.07 Å². The average Bonchev–Trinajstić information content (AvgIpc) is 3.01. The SMILES string of the molecule is COC(=O)c1ccc(N=C2SC(=Cc3cc(Br)c(OC)cc3OC)C(=O)N2C)cc1. The molecule has 1 heterocycles. The van der Waals surface area contributed by atoms with Crippen LogP contribution >= 0.6 is 27.7 Å². The lowest BCUT2D eigenvalue weighted by Crippen LogP contribution is -2.23. The minimum absolute atomic E-state index is 0.168. The lowest BCUT2D eigenvalue weighted by molar-refractivity contribution is -0.121. The Bertz CT molecular complexity index is 1050. The molecule has 1 amide bonds. The first-order chi connectivity index (χ1) is 14.4. The van der Waals surface area contributed by atoms with Crippen LogP contribution in [-0.4, -0.2) is 50.3 Å². The molecule has 0 aromatic heterocycles. The Balaban J connectivity index is 1.90. The van der Waals surface area contributed by atoms with Gasteiger partial charge in [0, 0.05) is 18.7 Å². The summed E-state index contributed by atoms with van der Waals surface area (Å²) in [5.41, 5.74) is 1.79. The van der Waals surface area contributed by atoms with Crippen LogP contribution in [0.3, 0.4) is 0 Å². The molecule has 0 aliphatic carbocycles. The molecule has 1 aliphatic rings. The first kappa shape index (κ1) is 21.9. The van der Waals surface area contributed by atoms with Gasteiger partial charge in [-0.3, -0.25) is 9.69 Å². The van der Waals surface area contributed by atoms with Gasteiger partial charge in [0.15, 0.2) is 5.17 Å². The van der Waals surface area contributed by atoms with Crippen molar-refractivity contribution >= 4 is 56.5 Å². The molecule has 0 saturated carbocycles. The zero-order valence-corrected chi connectivity index (χ0v) is 19.2. The summed E-state index contributed by atoms with van der Waals surface area (Å²) in [6.45, 7) is 0. The van der Waals surface area contributed by atoms with Gasteiger partial charge in [-0.15, -0.1) is 0 Å². The molecule has 0 radical (unpaired) electrons. The normalized spacial score (nSPS) is 16.3. The van der Waals surface area contributed by atoms with Crippen molar-refractivity contribution in [2.75, 3.05) is 28.4 Å². The molecule has 156 valence electrons. The highest BCUT2D eigenvalue weighted by atomic mass is 79.9. The molecule has 9 heteroatoms. The summed E-state index contributed by atoms with van der Waals surface area (Å²) in [5.74, 6) is 0.636. The minimum atomic E-state index is -0.415. The molecule has 2 aromatic carbocycles. The Hall–Kier alpha value is -2.78. The van der Waals surface area contributed by atoms with Crippen molar-refractivity contribution < 1.29 is 23.8 Å². The van der Waals surface area contributed by atoms with Crippen LogP contribution in [0.25, 0.3) is 6.08 Å². The highest BCUT2D eigenvalue weighted by molar-refractivity contribution is 9.10. The number of thioether (sulfide) groups is 1. The second-order valence-electron chi connectivity index (χ2n) is 6.14. The molecule has 0 N–H and O–H groups in total. The van der Waals surface area contributed by atoms with E-state index in [2.05, 4.69) is 20.9 Å². The third kappa shape index (κ3) is 4.52. The number of hydrogen-bond donors (Lipinski definition) is 0. The molecule has 0 unspecified atom stereocenters. The van der Waals surface area contributed by atoms with Gasteiger partial charge in [-0.05, 0) is 64.1 Å². The monoisotopic (exact) mass is 490 g/mol. The van der Waals surface area contributed by atoms with Crippen LogP contribution in [0.15, 0.2) is 50.8 Å². The summed E-state index contributed by atoms with van der Waals surface area (Å²) < 4.78 is 16.2. The molecule has 0 atom stereocenters. The number of methoxy groups -OCH3 is 3. The van der Waals surface area contributed by atoms with E-state index in [1.54, 1.807) is 57.7 Å². The fourth-order valence-corrected chi connectivity index (χ4v) is 4.19. The molecule has 30 heavy (non-hydrogen) atoms. The zero-order chi connectivity index (χ0) is 21.8. The standard InChI is InChI=1S/C21H19BrN2O5S/c1-24-19(25)18(10-13-9-15(22)17(28-3)11-16(13)27-2)30-21(24)23-14-7-5-12(6-8-14)20(26)29-4/h5-11H,1-4H3. The maximum Gasteiger partial charge on any atom is 0.337 e. The summed E-state index contributed by atoms with van der Waals surface area (Å²) >= 11 is 4.72. The highest BCUT2D eigenvalue weighted by Crippen LogP contribution is 2.38. The Kier molecular flexibility index (Phi) is 6.84. The van der Waals surface area contributed by atoms with Crippen molar-refractivity contribution in [3.63, 3.8) is 0 Å². The van der Waals surface area contributed by atoms with E-state index in [9.17, 15) is 9.59 Å². The van der Waals surface area contributed by atoms with Crippen LogP contribution in [0.5, 0.6) is 11.5 Å². The van der Waals surface area contributed by atoms with Crippen LogP contribution in [0, 0.1) is 0 Å². The van der Waals surface area contributed by atoms with Gasteiger partial charge in [0.25, 0.3) is 5.91 Å². The molecule has 1 saturated heterocycles. The number of carbonyl (C=O) groups excluding carboxylic acids is 2. The summed E-state index contributed by atoms with van der Waals surface area (Å²) in [7, 11) is 6.13. The number of ether oxygens (including phenoxy) is 3. The van der Waals surface area contributed by atoms with Crippen LogP contribution in [0.2, 0.25) is 0 Å². The van der Waals surface area contributed by atoms with Crippen molar-refractivity contribution in [2.45, 2.75) is 0 Å². The van der Waals surface area contributed by atoms with Crippen LogP contribution in [-0.2, 0) is 9.53 Å². The Labute approximate surface area is 186 Å². The van der Waals surface area contributed by atoms with Gasteiger partial charge in [0.2, 0.25) is 0 Å². The molecular formula is C21H19BrN2O5S. The number of benzene rings is 2. The van der Waals surface area contributed by atoms with Crippen LogP contribution in [0.1, 0.15) is 15.9 Å². The molecule has 1 fully saturated rings. The summed E-state index contributed by atoms with van der Waals surface area (Å²) in [6, 6.07) is 10.2. The van der Waals surface area contributed by atoms with E-state index in [-0.39, 0.29) is 5.91 Å². The molecule has 0 spiro atoms. The molecule has 2 aromatic rings. The molecule has 0 bridgehead atoms. The number of nitrogens with zero attached hydrogens (tertiary/aromatic N) is 2. The lowest BCUT2D eigenvalue weighted by Gasteiger charge is -2.10. The Morgan fingerprint density at radius 1 is 1.10 bits per heavy atom. The molecule has 3 rings (SSSR count). The number of aliphatic imine (C=N–C) groups is 1. The molecular weight excluding hydrogens is 472 g/mol. The lowest BCUT2D eigenvalue weighted by atomic mass is 10.1. The summed E-state index contributed by atoms with van der Waals surface area (Å²) in [6.07, 6.45) is 1.76. The van der Waals surface area contributed by atoms with Gasteiger partial charge >= 0.3 is 5.97 Å². The van der Waals surface area contributed by atoms with Gasteiger partial charge in [-0.25, -0.2) is 9.79 Å². The largest absolute Gasteiger partial charge is 0.496 e. The average molecular weight is 491 g/mol. The van der Waals surface area contributed by atoms with Crippen molar-refractivity contribution in [3.05, 3.63) is 56.9 Å². The van der Waals surface area contributed by atoms with E-state index in [0.717, 1.165) is 10.0 Å². The second kappa shape index (κ2) is 9.36. The van der Waals surface area contributed by atoms with Gasteiger partial charge in [-0.1, -0.05) is 0 Å². The van der Waals surface area contributed by atoms with Crippen molar-refractivity contribution in [1.82, 2.24) is 4.90 Å². The van der Waals surface area contributed by atoms with E-state index < -0.39 is 5.97 Å². The smallest absolute Gasteiger partial charge is 0.337 e. The highest BCUT2D eigenvalue weighted by Gasteiger charge is 2.30. The van der Waals surface area contributed by atoms with Crippen LogP contribution < -0.4 is 9.47 Å². The van der Waals surface area contributed by atoms with Crippen molar-refractivity contribution in [3.8, 4) is 11.5 Å².